The molecule has 0 spiro atoms. The van der Waals surface area contributed by atoms with Crippen LogP contribution >= 0.6 is 23.2 Å². The van der Waals surface area contributed by atoms with Crippen molar-refractivity contribution in [2.24, 2.45) is 0 Å². The normalized spacial score (nSPS) is 13.4. The number of carbonyl (C=O) groups excluding carboxylic acids is 1. The monoisotopic (exact) mass is 735 g/mol. The summed E-state index contributed by atoms with van der Waals surface area (Å²) in [5.41, 5.74) is 7.58. The van der Waals surface area contributed by atoms with Gasteiger partial charge in [-0.2, -0.15) is 0 Å². The maximum Gasteiger partial charge on any atom is 0.246 e. The molecule has 0 unspecified atom stereocenters. The fraction of sp³-hybridized carbons (Fsp3) is 0.256. The zero-order valence-electron chi connectivity index (χ0n) is 29.8. The van der Waals surface area contributed by atoms with E-state index in [2.05, 4.69) is 60.1 Å². The number of halogens is 2. The van der Waals surface area contributed by atoms with Gasteiger partial charge in [0.05, 0.1) is 17.8 Å². The molecule has 52 heavy (non-hydrogen) atoms. The van der Waals surface area contributed by atoms with Gasteiger partial charge in [0.25, 0.3) is 0 Å². The third-order valence-electron chi connectivity index (χ3n) is 9.19. The molecule has 0 saturated carbocycles. The van der Waals surface area contributed by atoms with Crippen LogP contribution in [0.5, 0.6) is 23.1 Å². The zero-order valence-corrected chi connectivity index (χ0v) is 31.3. The van der Waals surface area contributed by atoms with E-state index in [1.807, 2.05) is 48.2 Å². The summed E-state index contributed by atoms with van der Waals surface area (Å²) >= 11 is 12.8. The lowest BCUT2D eigenvalue weighted by Gasteiger charge is -2.34. The fourth-order valence-corrected chi connectivity index (χ4v) is 6.44. The Balaban J connectivity index is 0.933. The summed E-state index contributed by atoms with van der Waals surface area (Å²) in [6.07, 6.45) is 5.88. The Morgan fingerprint density at radius 2 is 1.52 bits per heavy atom. The van der Waals surface area contributed by atoms with Gasteiger partial charge in [0.15, 0.2) is 5.75 Å². The predicted molar refractivity (Wildman–Crippen MR) is 209 cm³/mol. The van der Waals surface area contributed by atoms with Crippen LogP contribution in [0.3, 0.4) is 0 Å². The van der Waals surface area contributed by atoms with Crippen molar-refractivity contribution in [2.75, 3.05) is 32.8 Å². The molecule has 6 rings (SSSR count). The number of carbonyl (C=O) groups is 1. The van der Waals surface area contributed by atoms with Crippen LogP contribution in [-0.2, 0) is 24.4 Å². The van der Waals surface area contributed by atoms with Gasteiger partial charge in [0.2, 0.25) is 11.8 Å². The molecule has 0 bridgehead atoms. The van der Waals surface area contributed by atoms with E-state index < -0.39 is 0 Å². The lowest BCUT2D eigenvalue weighted by atomic mass is 10.1. The van der Waals surface area contributed by atoms with E-state index >= 15 is 0 Å². The lowest BCUT2D eigenvalue weighted by Crippen LogP contribution is -2.47. The van der Waals surface area contributed by atoms with E-state index in [-0.39, 0.29) is 5.91 Å². The lowest BCUT2D eigenvalue weighted by molar-refractivity contribution is -0.127. The van der Waals surface area contributed by atoms with Crippen molar-refractivity contribution in [1.82, 2.24) is 14.8 Å². The van der Waals surface area contributed by atoms with E-state index in [9.17, 15) is 4.79 Å². The molecule has 268 valence electrons. The summed E-state index contributed by atoms with van der Waals surface area (Å²) < 4.78 is 17.8. The number of aryl methyl sites for hydroxylation is 3. The summed E-state index contributed by atoms with van der Waals surface area (Å²) in [7, 11) is 0. The molecule has 0 radical (unpaired) electrons. The number of rotatable bonds is 13. The van der Waals surface area contributed by atoms with Crippen molar-refractivity contribution in [3.8, 4) is 23.1 Å². The molecule has 0 aliphatic carbocycles. The van der Waals surface area contributed by atoms with E-state index in [0.717, 1.165) is 48.5 Å². The van der Waals surface area contributed by atoms with Gasteiger partial charge in [0, 0.05) is 61.9 Å². The molecule has 7 nitrogen and oxygen atoms in total. The highest BCUT2D eigenvalue weighted by atomic mass is 35.5. The zero-order chi connectivity index (χ0) is 36.5. The minimum absolute atomic E-state index is 0.0119. The summed E-state index contributed by atoms with van der Waals surface area (Å²) in [4.78, 5) is 21.7. The van der Waals surface area contributed by atoms with Crippen LogP contribution in [0.2, 0.25) is 10.0 Å². The second kappa shape index (κ2) is 17.6. The van der Waals surface area contributed by atoms with Gasteiger partial charge in [-0.25, -0.2) is 4.98 Å². The standard InChI is InChI=1S/C43H43Cl2N3O4/c1-30-8-14-37(25-31(30)2)50-23-18-33-9-11-34(12-10-33)28-47-19-21-48(22-20-47)42(49)17-13-35-24-32(3)43(40(45)26-35)52-41-16-15-38(27-46-41)51-29-36-6-4-5-7-39(36)44/h4-17,24-27H,18-23,28-29H2,1-3H3/b17-13+. The molecular formula is C43H43Cl2N3O4. The molecule has 0 atom stereocenters. The first-order valence-corrected chi connectivity index (χ1v) is 18.2. The molecule has 1 amide bonds. The molecule has 0 N–H and O–H groups in total. The molecule has 9 heteroatoms. The van der Waals surface area contributed by atoms with Crippen LogP contribution in [0.25, 0.3) is 6.08 Å². The topological polar surface area (TPSA) is 64.1 Å². The quantitative estimate of drug-likeness (QED) is 0.112. The highest BCUT2D eigenvalue weighted by Crippen LogP contribution is 2.34. The van der Waals surface area contributed by atoms with Crippen LogP contribution in [-0.4, -0.2) is 53.5 Å². The summed E-state index contributed by atoms with van der Waals surface area (Å²) in [5, 5.41) is 1.09. The Bertz CT molecular complexity index is 1980. The first-order valence-electron chi connectivity index (χ1n) is 17.5. The molecular weight excluding hydrogens is 693 g/mol. The molecule has 5 aromatic rings. The molecule has 4 aromatic carbocycles. The molecule has 1 aliphatic rings. The van der Waals surface area contributed by atoms with Gasteiger partial charge >= 0.3 is 0 Å². The number of hydrogen-bond acceptors (Lipinski definition) is 6. The average Bonchev–Trinajstić information content (AvgIpc) is 3.15. The second-order valence-electron chi connectivity index (χ2n) is 13.1. The third kappa shape index (κ3) is 10.2. The number of aromatic nitrogens is 1. The van der Waals surface area contributed by atoms with Crippen molar-refractivity contribution < 1.29 is 19.0 Å². The van der Waals surface area contributed by atoms with Gasteiger partial charge < -0.3 is 19.1 Å². The van der Waals surface area contributed by atoms with Crippen molar-refractivity contribution in [1.29, 1.82) is 0 Å². The Labute approximate surface area is 316 Å². The SMILES string of the molecule is Cc1ccc(OCCc2ccc(CN3CCN(C(=O)/C=C/c4cc(C)c(Oc5ccc(OCc6ccccc6Cl)cn5)c(Cl)c4)CC3)cc2)cc1C. The van der Waals surface area contributed by atoms with Crippen molar-refractivity contribution >= 4 is 35.2 Å². The largest absolute Gasteiger partial charge is 0.493 e. The Morgan fingerprint density at radius 3 is 2.23 bits per heavy atom. The first kappa shape index (κ1) is 37.0. The van der Waals surface area contributed by atoms with Crippen molar-refractivity contribution in [2.45, 2.75) is 40.3 Å². The summed E-state index contributed by atoms with van der Waals surface area (Å²) in [6, 6.07) is 29.8. The molecule has 1 fully saturated rings. The summed E-state index contributed by atoms with van der Waals surface area (Å²) in [6.45, 7) is 11.0. The first-order chi connectivity index (χ1) is 25.2. The van der Waals surface area contributed by atoms with Crippen molar-refractivity contribution in [3.63, 3.8) is 0 Å². The van der Waals surface area contributed by atoms with Gasteiger partial charge in [-0.3, -0.25) is 9.69 Å². The number of ether oxygens (including phenoxy) is 3. The number of piperazine rings is 1. The Kier molecular flexibility index (Phi) is 12.5. The fourth-order valence-electron chi connectivity index (χ4n) is 5.94. The molecule has 1 aliphatic heterocycles. The summed E-state index contributed by atoms with van der Waals surface area (Å²) in [5.74, 6) is 2.40. The van der Waals surface area contributed by atoms with Crippen LogP contribution in [0, 0.1) is 20.8 Å². The second-order valence-corrected chi connectivity index (χ2v) is 13.9. The van der Waals surface area contributed by atoms with E-state index in [4.69, 9.17) is 37.4 Å². The number of nitrogens with zero attached hydrogens (tertiary/aromatic N) is 3. The third-order valence-corrected chi connectivity index (χ3v) is 9.84. The number of amides is 1. The maximum absolute atomic E-state index is 13.1. The minimum Gasteiger partial charge on any atom is -0.493 e. The van der Waals surface area contributed by atoms with Crippen LogP contribution in [0.4, 0.5) is 0 Å². The van der Waals surface area contributed by atoms with Crippen LogP contribution < -0.4 is 14.2 Å². The van der Waals surface area contributed by atoms with Crippen LogP contribution in [0.15, 0.2) is 103 Å². The van der Waals surface area contributed by atoms with Crippen molar-refractivity contribution in [3.05, 3.63) is 152 Å². The van der Waals surface area contributed by atoms with Gasteiger partial charge in [-0.05, 0) is 96.6 Å². The highest BCUT2D eigenvalue weighted by Gasteiger charge is 2.20. The molecule has 1 saturated heterocycles. The van der Waals surface area contributed by atoms with Crippen LogP contribution in [0.1, 0.15) is 38.9 Å². The average molecular weight is 737 g/mol. The van der Waals surface area contributed by atoms with Gasteiger partial charge in [-0.1, -0.05) is 71.7 Å². The Morgan fingerprint density at radius 1 is 0.769 bits per heavy atom. The van der Waals surface area contributed by atoms with Gasteiger partial charge in [-0.15, -0.1) is 0 Å². The minimum atomic E-state index is -0.0119. The molecule has 1 aromatic heterocycles. The molecule has 2 heterocycles. The van der Waals surface area contributed by atoms with E-state index in [1.165, 1.54) is 22.3 Å². The number of benzene rings is 4. The highest BCUT2D eigenvalue weighted by molar-refractivity contribution is 6.32. The van der Waals surface area contributed by atoms with E-state index in [0.29, 0.717) is 53.7 Å². The maximum atomic E-state index is 13.1. The predicted octanol–water partition coefficient (Wildman–Crippen LogP) is 9.66. The van der Waals surface area contributed by atoms with Gasteiger partial charge in [0.1, 0.15) is 18.1 Å². The van der Waals surface area contributed by atoms with E-state index in [1.54, 1.807) is 36.5 Å². The smallest absolute Gasteiger partial charge is 0.246 e. The Hall–Kier alpha value is -4.82. The number of pyridine rings is 1. The number of hydrogen-bond donors (Lipinski definition) is 0.